The van der Waals surface area contributed by atoms with E-state index >= 15 is 0 Å². The van der Waals surface area contributed by atoms with E-state index in [9.17, 15) is 18.8 Å². The lowest BCUT2D eigenvalue weighted by atomic mass is 10.1. The molecule has 1 saturated heterocycles. The maximum absolute atomic E-state index is 14.7. The van der Waals surface area contributed by atoms with Crippen LogP contribution in [0.1, 0.15) is 20.8 Å². The average molecular weight is 507 g/mol. The lowest BCUT2D eigenvalue weighted by Gasteiger charge is -2.34. The number of rotatable bonds is 7. The van der Waals surface area contributed by atoms with Gasteiger partial charge in [-0.1, -0.05) is 23.3 Å². The minimum absolute atomic E-state index is 0.0100. The molecule has 1 aliphatic heterocycles. The number of hydrogen-bond donors (Lipinski definition) is 3. The van der Waals surface area contributed by atoms with Gasteiger partial charge in [0.15, 0.2) is 11.5 Å². The summed E-state index contributed by atoms with van der Waals surface area (Å²) in [6, 6.07) is 9.37. The van der Waals surface area contributed by atoms with Crippen LogP contribution in [0, 0.1) is 5.82 Å². The van der Waals surface area contributed by atoms with Gasteiger partial charge in [-0.3, -0.25) is 14.4 Å². The Morgan fingerprint density at radius 3 is 2.59 bits per heavy atom. The van der Waals surface area contributed by atoms with Crippen molar-refractivity contribution in [2.24, 2.45) is 0 Å². The lowest BCUT2D eigenvalue weighted by Crippen LogP contribution is -2.51. The molecule has 0 unspecified atom stereocenters. The number of benzene rings is 1. The second-order valence-electron chi connectivity index (χ2n) is 8.22. The third kappa shape index (κ3) is 4.49. The number of H-pyrrole nitrogens is 1. The van der Waals surface area contributed by atoms with Crippen molar-refractivity contribution in [3.8, 4) is 5.69 Å². The number of anilines is 1. The number of aliphatic hydroxyl groups is 1. The van der Waals surface area contributed by atoms with Crippen LogP contribution in [0.5, 0.6) is 0 Å². The van der Waals surface area contributed by atoms with E-state index in [4.69, 9.17) is 5.11 Å². The molecule has 5 rings (SSSR count). The quantitative estimate of drug-likeness (QED) is 0.230. The molecule has 0 saturated carbocycles. The molecule has 0 atom stereocenters. The predicted octanol–water partition coefficient (Wildman–Crippen LogP) is -0.0687. The molecule has 0 radical (unpaired) electrons. The van der Waals surface area contributed by atoms with Crippen molar-refractivity contribution in [3.05, 3.63) is 59.8 Å². The summed E-state index contributed by atoms with van der Waals surface area (Å²) in [5.41, 5.74) is 0.438. The molecule has 14 heteroatoms. The number of amides is 2. The van der Waals surface area contributed by atoms with Gasteiger partial charge in [-0.05, 0) is 22.6 Å². The van der Waals surface area contributed by atoms with Crippen LogP contribution in [0.2, 0.25) is 0 Å². The van der Waals surface area contributed by atoms with Crippen molar-refractivity contribution in [2.45, 2.75) is 0 Å². The Balaban J connectivity index is 1.31. The number of aromatic nitrogens is 6. The number of hydrogen-bond acceptors (Lipinski definition) is 9. The van der Waals surface area contributed by atoms with Crippen molar-refractivity contribution in [3.63, 3.8) is 0 Å². The summed E-state index contributed by atoms with van der Waals surface area (Å²) < 4.78 is 16.3. The van der Waals surface area contributed by atoms with E-state index in [1.807, 2.05) is 35.2 Å². The smallest absolute Gasteiger partial charge is 0.295 e. The number of nitrogens with one attached hydrogen (secondary N) is 2. The van der Waals surface area contributed by atoms with Crippen molar-refractivity contribution in [1.29, 1.82) is 0 Å². The van der Waals surface area contributed by atoms with E-state index < -0.39 is 23.4 Å². The molecule has 0 spiro atoms. The van der Waals surface area contributed by atoms with Crippen LogP contribution >= 0.6 is 0 Å². The van der Waals surface area contributed by atoms with Crippen LogP contribution in [0.3, 0.4) is 0 Å². The number of aliphatic hydroxyl groups excluding tert-OH is 1. The van der Waals surface area contributed by atoms with Gasteiger partial charge in [-0.25, -0.2) is 9.37 Å². The van der Waals surface area contributed by atoms with Gasteiger partial charge in [0.2, 0.25) is 5.95 Å². The zero-order chi connectivity index (χ0) is 25.9. The molecule has 1 fully saturated rings. The molecular formula is C23H22FN9O4. The van der Waals surface area contributed by atoms with Gasteiger partial charge >= 0.3 is 0 Å². The number of aromatic amines is 1. The SMILES string of the molecule is O=C(NCCO)c1ncc(F)c2c(C(=O)C(=O)N3CCN(c4nnnn4-c4ccccc4)CC3)c[nH]c12. The highest BCUT2D eigenvalue weighted by atomic mass is 19.1. The maximum atomic E-state index is 14.7. The molecule has 3 N–H and O–H groups in total. The zero-order valence-corrected chi connectivity index (χ0v) is 19.5. The van der Waals surface area contributed by atoms with Crippen LogP contribution in [0.4, 0.5) is 10.3 Å². The Kier molecular flexibility index (Phi) is 6.55. The summed E-state index contributed by atoms with van der Waals surface area (Å²) in [4.78, 5) is 48.3. The van der Waals surface area contributed by atoms with E-state index in [-0.39, 0.29) is 48.4 Å². The third-order valence-electron chi connectivity index (χ3n) is 6.02. The summed E-state index contributed by atoms with van der Waals surface area (Å²) in [7, 11) is 0. The summed E-state index contributed by atoms with van der Waals surface area (Å²) in [6.45, 7) is 0.920. The number of piperazine rings is 1. The highest BCUT2D eigenvalue weighted by molar-refractivity contribution is 6.45. The first-order valence-corrected chi connectivity index (χ1v) is 11.5. The molecular weight excluding hydrogens is 485 g/mol. The first kappa shape index (κ1) is 24.0. The third-order valence-corrected chi connectivity index (χ3v) is 6.02. The van der Waals surface area contributed by atoms with E-state index in [0.717, 1.165) is 11.9 Å². The van der Waals surface area contributed by atoms with Gasteiger partial charge in [0.1, 0.15) is 0 Å². The number of halogens is 1. The van der Waals surface area contributed by atoms with Gasteiger partial charge in [0.05, 0.1) is 35.0 Å². The molecule has 1 aromatic carbocycles. The van der Waals surface area contributed by atoms with Crippen molar-refractivity contribution < 1.29 is 23.9 Å². The summed E-state index contributed by atoms with van der Waals surface area (Å²) in [5.74, 6) is -2.67. The Bertz CT molecular complexity index is 1460. The molecule has 190 valence electrons. The largest absolute Gasteiger partial charge is 0.395 e. The van der Waals surface area contributed by atoms with Crippen molar-refractivity contribution >= 4 is 34.4 Å². The second kappa shape index (κ2) is 10.1. The Morgan fingerprint density at radius 2 is 1.86 bits per heavy atom. The van der Waals surface area contributed by atoms with Gasteiger partial charge < -0.3 is 25.2 Å². The minimum atomic E-state index is -0.902. The second-order valence-corrected chi connectivity index (χ2v) is 8.22. The number of Topliss-reactive ketones (excluding diaryl/α,β-unsaturated/α-hetero) is 1. The Hall–Kier alpha value is -4.72. The van der Waals surface area contributed by atoms with Crippen LogP contribution in [0.25, 0.3) is 16.6 Å². The normalized spacial score (nSPS) is 13.7. The van der Waals surface area contributed by atoms with E-state index in [0.29, 0.717) is 19.0 Å². The Labute approximate surface area is 208 Å². The van der Waals surface area contributed by atoms with Gasteiger partial charge in [-0.2, -0.15) is 4.68 Å². The zero-order valence-electron chi connectivity index (χ0n) is 19.5. The summed E-state index contributed by atoms with van der Waals surface area (Å²) in [6.07, 6.45) is 2.02. The molecule has 3 aromatic heterocycles. The fraction of sp³-hybridized carbons (Fsp3) is 0.261. The van der Waals surface area contributed by atoms with Crippen molar-refractivity contribution in [2.75, 3.05) is 44.2 Å². The average Bonchev–Trinajstić information content (AvgIpc) is 3.60. The number of carbonyl (C=O) groups excluding carboxylic acids is 3. The molecule has 13 nitrogen and oxygen atoms in total. The van der Waals surface area contributed by atoms with Crippen LogP contribution < -0.4 is 10.2 Å². The van der Waals surface area contributed by atoms with Crippen LogP contribution in [0.15, 0.2) is 42.7 Å². The maximum Gasteiger partial charge on any atom is 0.295 e. The molecule has 0 bridgehead atoms. The number of fused-ring (bicyclic) bond motifs is 1. The van der Waals surface area contributed by atoms with E-state index in [1.54, 1.807) is 4.68 Å². The number of para-hydroxylation sites is 1. The van der Waals surface area contributed by atoms with E-state index in [2.05, 4.69) is 30.8 Å². The van der Waals surface area contributed by atoms with Crippen molar-refractivity contribution in [1.82, 2.24) is 40.4 Å². The fourth-order valence-electron chi connectivity index (χ4n) is 4.20. The monoisotopic (exact) mass is 507 g/mol. The minimum Gasteiger partial charge on any atom is -0.395 e. The lowest BCUT2D eigenvalue weighted by molar-refractivity contribution is -0.126. The predicted molar refractivity (Wildman–Crippen MR) is 128 cm³/mol. The Morgan fingerprint density at radius 1 is 1.11 bits per heavy atom. The number of nitrogens with zero attached hydrogens (tertiary/aromatic N) is 7. The fourth-order valence-corrected chi connectivity index (χ4v) is 4.20. The first-order chi connectivity index (χ1) is 18.0. The summed E-state index contributed by atoms with van der Waals surface area (Å²) in [5, 5.41) is 23.1. The number of pyridine rings is 1. The van der Waals surface area contributed by atoms with E-state index in [1.165, 1.54) is 11.1 Å². The highest BCUT2D eigenvalue weighted by Gasteiger charge is 2.31. The molecule has 37 heavy (non-hydrogen) atoms. The number of tetrazole rings is 1. The topological polar surface area (TPSA) is 162 Å². The molecule has 0 aliphatic carbocycles. The number of ketones is 1. The summed E-state index contributed by atoms with van der Waals surface area (Å²) >= 11 is 0. The van der Waals surface area contributed by atoms with Crippen LogP contribution in [-0.4, -0.2) is 97.1 Å². The molecule has 1 aliphatic rings. The van der Waals surface area contributed by atoms with Gasteiger partial charge in [0, 0.05) is 38.9 Å². The molecule has 4 heterocycles. The first-order valence-electron chi connectivity index (χ1n) is 11.5. The van der Waals surface area contributed by atoms with Crippen LogP contribution in [-0.2, 0) is 4.79 Å². The molecule has 4 aromatic rings. The highest BCUT2D eigenvalue weighted by Crippen LogP contribution is 2.25. The van der Waals surface area contributed by atoms with Gasteiger partial charge in [-0.15, -0.1) is 0 Å². The van der Waals surface area contributed by atoms with Gasteiger partial charge in [0.25, 0.3) is 17.6 Å². The molecule has 2 amide bonds. The number of carbonyl (C=O) groups is 3. The standard InChI is InChI=1S/C23H22FN9O4/c24-16-13-27-19(21(36)25-6-11-34)18-17(16)15(12-26-18)20(35)22(37)31-7-9-32(10-8-31)23-28-29-30-33(23)14-4-2-1-3-5-14/h1-5,12-13,26,34H,6-11H2,(H,25,36).